The zero-order valence-electron chi connectivity index (χ0n) is 4.43. The molecule has 0 radical (unpaired) electrons. The first-order valence-electron chi connectivity index (χ1n) is 2.89. The van der Waals surface area contributed by atoms with E-state index in [1.54, 1.807) is 0 Å². The molecule has 0 N–H and O–H groups in total. The van der Waals surface area contributed by atoms with Crippen molar-refractivity contribution >= 4 is 15.9 Å². The molecule has 0 amide bonds. The third-order valence-corrected chi connectivity index (χ3v) is 2.42. The van der Waals surface area contributed by atoms with E-state index in [2.05, 4.69) is 22.0 Å². The van der Waals surface area contributed by atoms with E-state index in [9.17, 15) is 0 Å². The number of allylic oxidation sites excluding steroid dienone is 1. The second-order valence-corrected chi connectivity index (χ2v) is 3.18. The Hall–Kier alpha value is 0.180. The molecule has 8 heavy (non-hydrogen) atoms. The molecular weight excluding hydrogens is 168 g/mol. The van der Waals surface area contributed by atoms with E-state index in [0.717, 1.165) is 0 Å². The molecule has 2 rings (SSSR count). The summed E-state index contributed by atoms with van der Waals surface area (Å²) in [5, 5.41) is 0. The number of hydrogen-bond acceptors (Lipinski definition) is 1. The Balaban J connectivity index is 2.18. The average Bonchev–Trinajstić information content (AvgIpc) is 2.45. The number of fused-ring (bicyclic) bond motifs is 1. The molecule has 0 aromatic heterocycles. The van der Waals surface area contributed by atoms with Crippen molar-refractivity contribution in [3.05, 3.63) is 10.6 Å². The van der Waals surface area contributed by atoms with Gasteiger partial charge in [-0.05, 0) is 12.8 Å². The van der Waals surface area contributed by atoms with Gasteiger partial charge >= 0.3 is 0 Å². The van der Waals surface area contributed by atoms with Gasteiger partial charge in [-0.3, -0.25) is 0 Å². The van der Waals surface area contributed by atoms with Crippen LogP contribution in [0.2, 0.25) is 0 Å². The molecule has 1 nitrogen and oxygen atoms in total. The standard InChI is InChI=1S/C6H7BrO/c7-4-2-1-3-5-6(4)8-5/h2,5-6H,1,3H2/t5-,6+/m0/s1. The molecule has 2 atom stereocenters. The van der Waals surface area contributed by atoms with Crippen LogP contribution < -0.4 is 0 Å². The maximum Gasteiger partial charge on any atom is 0.115 e. The predicted octanol–water partition coefficient (Wildman–Crippen LogP) is 1.83. The molecule has 1 aliphatic carbocycles. The van der Waals surface area contributed by atoms with Crippen LogP contribution in [0.5, 0.6) is 0 Å². The van der Waals surface area contributed by atoms with Crippen LogP contribution in [0.1, 0.15) is 12.8 Å². The van der Waals surface area contributed by atoms with Crippen LogP contribution in [0.4, 0.5) is 0 Å². The molecule has 1 saturated heterocycles. The molecule has 0 unspecified atom stereocenters. The van der Waals surface area contributed by atoms with E-state index in [1.807, 2.05) is 0 Å². The molecule has 0 aromatic rings. The average molecular weight is 175 g/mol. The van der Waals surface area contributed by atoms with Gasteiger partial charge < -0.3 is 4.74 Å². The largest absolute Gasteiger partial charge is 0.364 e. The molecule has 0 aromatic carbocycles. The van der Waals surface area contributed by atoms with Crippen molar-refractivity contribution in [1.82, 2.24) is 0 Å². The van der Waals surface area contributed by atoms with E-state index in [1.165, 1.54) is 17.3 Å². The van der Waals surface area contributed by atoms with Gasteiger partial charge in [0.1, 0.15) is 6.10 Å². The summed E-state index contributed by atoms with van der Waals surface area (Å²) in [6, 6.07) is 0. The highest BCUT2D eigenvalue weighted by molar-refractivity contribution is 9.11. The van der Waals surface area contributed by atoms with E-state index in [0.29, 0.717) is 12.2 Å². The van der Waals surface area contributed by atoms with Gasteiger partial charge in [-0.2, -0.15) is 0 Å². The van der Waals surface area contributed by atoms with Crippen LogP contribution >= 0.6 is 15.9 Å². The van der Waals surface area contributed by atoms with Crippen molar-refractivity contribution in [3.8, 4) is 0 Å². The Morgan fingerprint density at radius 3 is 3.25 bits per heavy atom. The lowest BCUT2D eigenvalue weighted by atomic mass is 10.1. The van der Waals surface area contributed by atoms with E-state index in [4.69, 9.17) is 4.74 Å². The zero-order chi connectivity index (χ0) is 5.56. The molecule has 44 valence electrons. The Kier molecular flexibility index (Phi) is 0.987. The summed E-state index contributed by atoms with van der Waals surface area (Å²) in [5.41, 5.74) is 0. The maximum atomic E-state index is 5.27. The molecular formula is C6H7BrO. The van der Waals surface area contributed by atoms with Crippen LogP contribution in [0.3, 0.4) is 0 Å². The highest BCUT2D eigenvalue weighted by atomic mass is 79.9. The molecule has 1 aliphatic heterocycles. The smallest absolute Gasteiger partial charge is 0.115 e. The lowest BCUT2D eigenvalue weighted by Gasteiger charge is -1.98. The predicted molar refractivity (Wildman–Crippen MR) is 34.9 cm³/mol. The van der Waals surface area contributed by atoms with E-state index in [-0.39, 0.29) is 0 Å². The normalized spacial score (nSPS) is 42.9. The summed E-state index contributed by atoms with van der Waals surface area (Å²) in [7, 11) is 0. The van der Waals surface area contributed by atoms with Gasteiger partial charge in [0.2, 0.25) is 0 Å². The summed E-state index contributed by atoms with van der Waals surface area (Å²) < 4.78 is 6.53. The lowest BCUT2D eigenvalue weighted by molar-refractivity contribution is 0.384. The highest BCUT2D eigenvalue weighted by Gasteiger charge is 2.42. The molecule has 1 heterocycles. The number of epoxide rings is 1. The molecule has 2 aliphatic rings. The Bertz CT molecular complexity index is 141. The summed E-state index contributed by atoms with van der Waals surface area (Å²) in [4.78, 5) is 0. The van der Waals surface area contributed by atoms with Gasteiger partial charge in [-0.15, -0.1) is 0 Å². The van der Waals surface area contributed by atoms with Crippen LogP contribution in [0, 0.1) is 0 Å². The minimum Gasteiger partial charge on any atom is -0.364 e. The second kappa shape index (κ2) is 1.58. The van der Waals surface area contributed by atoms with Crippen molar-refractivity contribution in [2.45, 2.75) is 25.0 Å². The third kappa shape index (κ3) is 0.633. The van der Waals surface area contributed by atoms with Crippen molar-refractivity contribution < 1.29 is 4.74 Å². The summed E-state index contributed by atoms with van der Waals surface area (Å²) >= 11 is 3.43. The first kappa shape index (κ1) is 5.00. The topological polar surface area (TPSA) is 12.5 Å². The first-order chi connectivity index (χ1) is 3.88. The van der Waals surface area contributed by atoms with Crippen molar-refractivity contribution in [2.75, 3.05) is 0 Å². The molecule has 0 bridgehead atoms. The molecule has 1 fully saturated rings. The van der Waals surface area contributed by atoms with Crippen LogP contribution in [-0.2, 0) is 4.74 Å². The second-order valence-electron chi connectivity index (χ2n) is 2.26. The summed E-state index contributed by atoms with van der Waals surface area (Å²) in [6.45, 7) is 0. The molecule has 2 heteroatoms. The monoisotopic (exact) mass is 174 g/mol. The van der Waals surface area contributed by atoms with E-state index < -0.39 is 0 Å². The number of halogens is 1. The maximum absolute atomic E-state index is 5.27. The molecule has 0 spiro atoms. The number of ether oxygens (including phenoxy) is 1. The molecule has 0 saturated carbocycles. The van der Waals surface area contributed by atoms with Gasteiger partial charge in [-0.25, -0.2) is 0 Å². The summed E-state index contributed by atoms with van der Waals surface area (Å²) in [6.07, 6.45) is 5.62. The van der Waals surface area contributed by atoms with Crippen molar-refractivity contribution in [3.63, 3.8) is 0 Å². The summed E-state index contributed by atoms with van der Waals surface area (Å²) in [5.74, 6) is 0. The van der Waals surface area contributed by atoms with E-state index >= 15 is 0 Å². The quantitative estimate of drug-likeness (QED) is 0.511. The first-order valence-corrected chi connectivity index (χ1v) is 3.68. The fourth-order valence-corrected chi connectivity index (χ4v) is 1.74. The van der Waals surface area contributed by atoms with Gasteiger partial charge in [0.25, 0.3) is 0 Å². The SMILES string of the molecule is BrC1=CCC[C@@H]2O[C@H]12. The Labute approximate surface area is 56.8 Å². The van der Waals surface area contributed by atoms with Gasteiger partial charge in [0.15, 0.2) is 0 Å². The fraction of sp³-hybridized carbons (Fsp3) is 0.667. The van der Waals surface area contributed by atoms with Crippen LogP contribution in [0.25, 0.3) is 0 Å². The minimum atomic E-state index is 0.448. The minimum absolute atomic E-state index is 0.448. The lowest BCUT2D eigenvalue weighted by Crippen LogP contribution is -1.98. The van der Waals surface area contributed by atoms with Crippen LogP contribution in [-0.4, -0.2) is 12.2 Å². The third-order valence-electron chi connectivity index (χ3n) is 1.64. The van der Waals surface area contributed by atoms with Crippen molar-refractivity contribution in [1.29, 1.82) is 0 Å². The Morgan fingerprint density at radius 1 is 1.75 bits per heavy atom. The zero-order valence-corrected chi connectivity index (χ0v) is 6.02. The Morgan fingerprint density at radius 2 is 2.62 bits per heavy atom. The van der Waals surface area contributed by atoms with Crippen molar-refractivity contribution in [2.24, 2.45) is 0 Å². The highest BCUT2D eigenvalue weighted by Crippen LogP contribution is 2.39. The number of hydrogen-bond donors (Lipinski definition) is 0. The fourth-order valence-electron chi connectivity index (χ4n) is 1.11. The van der Waals surface area contributed by atoms with Gasteiger partial charge in [0, 0.05) is 4.48 Å². The number of rotatable bonds is 0. The van der Waals surface area contributed by atoms with Gasteiger partial charge in [0.05, 0.1) is 6.10 Å². The van der Waals surface area contributed by atoms with Crippen LogP contribution in [0.15, 0.2) is 10.6 Å². The van der Waals surface area contributed by atoms with Gasteiger partial charge in [-0.1, -0.05) is 22.0 Å².